The molecule has 5 aromatic rings. The molecule has 6 rings (SSSR count). The van der Waals surface area contributed by atoms with E-state index < -0.39 is 37.8 Å². The largest absolute Gasteiger partial charge is 0.573 e. The van der Waals surface area contributed by atoms with E-state index in [1.54, 1.807) is 36.0 Å². The highest BCUT2D eigenvalue weighted by Gasteiger charge is 2.31. The first kappa shape index (κ1) is 39.1. The van der Waals surface area contributed by atoms with Crippen LogP contribution in [0.5, 0.6) is 5.75 Å². The normalized spacial score (nSPS) is 13.6. The number of halogens is 3. The highest BCUT2D eigenvalue weighted by molar-refractivity contribution is 7.99. The molecule has 0 unspecified atom stereocenters. The zero-order valence-corrected chi connectivity index (χ0v) is 30.9. The summed E-state index contributed by atoms with van der Waals surface area (Å²) in [7, 11) is -4.43. The molecule has 0 saturated carbocycles. The molecule has 1 aliphatic heterocycles. The van der Waals surface area contributed by atoms with Crippen molar-refractivity contribution in [3.8, 4) is 16.9 Å². The number of alkyl halides is 3. The van der Waals surface area contributed by atoms with E-state index in [-0.39, 0.29) is 17.0 Å². The number of hydrogen-bond acceptors (Lipinski definition) is 10. The van der Waals surface area contributed by atoms with Crippen LogP contribution in [0.3, 0.4) is 0 Å². The van der Waals surface area contributed by atoms with E-state index in [1.807, 2.05) is 59.3 Å². The fourth-order valence-corrected chi connectivity index (χ4v) is 7.88. The average molecular weight is 792 g/mol. The molecular formula is C39H36F3N5O6S2. The Bertz CT molecular complexity index is 2220. The van der Waals surface area contributed by atoms with Gasteiger partial charge in [0.15, 0.2) is 0 Å². The third kappa shape index (κ3) is 10.6. The van der Waals surface area contributed by atoms with Crippen molar-refractivity contribution in [3.05, 3.63) is 143 Å². The van der Waals surface area contributed by atoms with Crippen LogP contribution in [0.2, 0.25) is 0 Å². The standard InChI is InChI=1S/C39H36F3N5O6S2/c40-39(41,42)53-32-16-12-28(13-17-32)35-9-5-4-6-30(35)27-45-21-23-46(24-22-45)31-14-10-29(11-15-31)38(48)44-55(51,52)34-18-19-36(37(26-34)47(49)50)43-20-25-54-33-7-2-1-3-8-33/h1-19,26,43H,20-25,27H2,(H,44,48). The van der Waals surface area contributed by atoms with Crippen molar-refractivity contribution < 1.29 is 36.0 Å². The minimum absolute atomic E-state index is 0.101. The predicted octanol–water partition coefficient (Wildman–Crippen LogP) is 7.81. The first-order chi connectivity index (χ1) is 26.3. The first-order valence-corrected chi connectivity index (χ1v) is 19.6. The molecule has 0 aliphatic carbocycles. The number of amides is 1. The molecule has 1 aliphatic rings. The molecule has 0 atom stereocenters. The number of sulfonamides is 1. The summed E-state index contributed by atoms with van der Waals surface area (Å²) in [5.74, 6) is -0.534. The Kier molecular flexibility index (Phi) is 12.3. The van der Waals surface area contributed by atoms with Crippen molar-refractivity contribution in [2.24, 2.45) is 0 Å². The number of hydrogen-bond donors (Lipinski definition) is 2. The van der Waals surface area contributed by atoms with Gasteiger partial charge in [0.25, 0.3) is 21.6 Å². The van der Waals surface area contributed by atoms with Gasteiger partial charge in [-0.3, -0.25) is 19.8 Å². The van der Waals surface area contributed by atoms with Gasteiger partial charge in [0, 0.05) is 67.2 Å². The molecule has 1 heterocycles. The third-order valence-corrected chi connectivity index (χ3v) is 11.2. The molecule has 0 radical (unpaired) electrons. The number of benzene rings is 5. The maximum atomic E-state index is 13.1. The van der Waals surface area contributed by atoms with E-state index in [0.29, 0.717) is 31.9 Å². The van der Waals surface area contributed by atoms with E-state index in [4.69, 9.17) is 0 Å². The summed E-state index contributed by atoms with van der Waals surface area (Å²) >= 11 is 1.57. The molecule has 5 aromatic carbocycles. The molecule has 0 bridgehead atoms. The van der Waals surface area contributed by atoms with Gasteiger partial charge in [-0.2, -0.15) is 0 Å². The number of piperazine rings is 1. The number of nitrogens with zero attached hydrogens (tertiary/aromatic N) is 3. The molecule has 1 saturated heterocycles. The zero-order chi connectivity index (χ0) is 39.0. The second-order valence-electron chi connectivity index (χ2n) is 12.5. The van der Waals surface area contributed by atoms with Crippen LogP contribution in [-0.2, 0) is 16.6 Å². The van der Waals surface area contributed by atoms with Gasteiger partial charge in [0.1, 0.15) is 11.4 Å². The number of nitro groups is 1. The number of carbonyl (C=O) groups is 1. The van der Waals surface area contributed by atoms with Crippen molar-refractivity contribution in [3.63, 3.8) is 0 Å². The van der Waals surface area contributed by atoms with Gasteiger partial charge >= 0.3 is 6.36 Å². The second kappa shape index (κ2) is 17.3. The van der Waals surface area contributed by atoms with Crippen molar-refractivity contribution in [1.29, 1.82) is 0 Å². The van der Waals surface area contributed by atoms with Crippen LogP contribution in [0, 0.1) is 10.1 Å². The number of anilines is 2. The van der Waals surface area contributed by atoms with Gasteiger partial charge in [0.05, 0.1) is 9.82 Å². The van der Waals surface area contributed by atoms with Crippen molar-refractivity contribution in [2.45, 2.75) is 22.7 Å². The minimum atomic E-state index is -4.76. The van der Waals surface area contributed by atoms with Gasteiger partial charge in [-0.1, -0.05) is 54.6 Å². The van der Waals surface area contributed by atoms with E-state index in [0.717, 1.165) is 46.4 Å². The van der Waals surface area contributed by atoms with Gasteiger partial charge in [0.2, 0.25) is 0 Å². The van der Waals surface area contributed by atoms with Crippen LogP contribution in [-0.4, -0.2) is 69.0 Å². The fraction of sp³-hybridized carbons (Fsp3) is 0.205. The van der Waals surface area contributed by atoms with Crippen LogP contribution >= 0.6 is 11.8 Å². The summed E-state index contributed by atoms with van der Waals surface area (Å²) in [6.45, 7) is 3.84. The molecule has 1 amide bonds. The number of nitrogens with one attached hydrogen (secondary N) is 2. The lowest BCUT2D eigenvalue weighted by atomic mass is 9.99. The summed E-state index contributed by atoms with van der Waals surface area (Å²) < 4.78 is 70.1. The van der Waals surface area contributed by atoms with Gasteiger partial charge in [-0.15, -0.1) is 24.9 Å². The quantitative estimate of drug-likeness (QED) is 0.0497. The monoisotopic (exact) mass is 791 g/mol. The van der Waals surface area contributed by atoms with Crippen LogP contribution < -0.4 is 19.7 Å². The van der Waals surface area contributed by atoms with Crippen molar-refractivity contribution in [1.82, 2.24) is 9.62 Å². The van der Waals surface area contributed by atoms with Crippen molar-refractivity contribution in [2.75, 3.05) is 48.7 Å². The molecule has 286 valence electrons. The zero-order valence-electron chi connectivity index (χ0n) is 29.2. The Morgan fingerprint density at radius 3 is 2.20 bits per heavy atom. The van der Waals surface area contributed by atoms with Gasteiger partial charge in [-0.05, 0) is 77.4 Å². The average Bonchev–Trinajstić information content (AvgIpc) is 3.17. The molecule has 1 fully saturated rings. The molecule has 2 N–H and O–H groups in total. The minimum Gasteiger partial charge on any atom is -0.406 e. The number of thioether (sulfide) groups is 1. The fourth-order valence-electron chi connectivity index (χ4n) is 6.10. The summed E-state index contributed by atoms with van der Waals surface area (Å²) in [6, 6.07) is 33.2. The van der Waals surface area contributed by atoms with E-state index in [2.05, 4.69) is 19.9 Å². The summed E-state index contributed by atoms with van der Waals surface area (Å²) in [6.07, 6.45) is -4.76. The molecule has 11 nitrogen and oxygen atoms in total. The predicted molar refractivity (Wildman–Crippen MR) is 206 cm³/mol. The SMILES string of the molecule is O=C(NS(=O)(=O)c1ccc(NCCSc2ccccc2)c([N+](=O)[O-])c1)c1ccc(N2CCN(Cc3ccccc3-c3ccc(OC(F)(F)F)cc3)CC2)cc1. The van der Waals surface area contributed by atoms with Gasteiger partial charge < -0.3 is 15.0 Å². The summed E-state index contributed by atoms with van der Waals surface area (Å²) in [5, 5.41) is 14.8. The van der Waals surface area contributed by atoms with Crippen LogP contribution in [0.4, 0.5) is 30.2 Å². The number of carbonyl (C=O) groups excluding carboxylic acids is 1. The molecular weight excluding hydrogens is 756 g/mol. The van der Waals surface area contributed by atoms with E-state index >= 15 is 0 Å². The Balaban J connectivity index is 1.02. The van der Waals surface area contributed by atoms with E-state index in [9.17, 15) is 36.5 Å². The molecule has 0 spiro atoms. The van der Waals surface area contributed by atoms with Crippen LogP contribution in [0.25, 0.3) is 11.1 Å². The Labute approximate surface area is 320 Å². The molecule has 0 aromatic heterocycles. The highest BCUT2D eigenvalue weighted by Crippen LogP contribution is 2.31. The van der Waals surface area contributed by atoms with Crippen LogP contribution in [0.15, 0.2) is 131 Å². The van der Waals surface area contributed by atoms with Gasteiger partial charge in [-0.25, -0.2) is 13.1 Å². The number of rotatable bonds is 14. The maximum absolute atomic E-state index is 13.1. The summed E-state index contributed by atoms with van der Waals surface area (Å²) in [4.78, 5) is 29.2. The second-order valence-corrected chi connectivity index (χ2v) is 15.3. The first-order valence-electron chi connectivity index (χ1n) is 17.1. The Morgan fingerprint density at radius 1 is 0.855 bits per heavy atom. The summed E-state index contributed by atoms with van der Waals surface area (Å²) in [5.41, 5.74) is 3.40. The molecule has 55 heavy (non-hydrogen) atoms. The lowest BCUT2D eigenvalue weighted by molar-refractivity contribution is -0.384. The lowest BCUT2D eigenvalue weighted by Gasteiger charge is -2.36. The third-order valence-electron chi connectivity index (χ3n) is 8.81. The Hall–Kier alpha value is -5.58. The lowest BCUT2D eigenvalue weighted by Crippen LogP contribution is -2.46. The highest BCUT2D eigenvalue weighted by atomic mass is 32.2. The van der Waals surface area contributed by atoms with Crippen molar-refractivity contribution >= 4 is 44.8 Å². The van der Waals surface area contributed by atoms with Crippen LogP contribution in [0.1, 0.15) is 15.9 Å². The maximum Gasteiger partial charge on any atom is 0.573 e. The number of nitro benzene ring substituents is 1. The molecule has 16 heteroatoms. The topological polar surface area (TPSA) is 134 Å². The smallest absolute Gasteiger partial charge is 0.406 e. The van der Waals surface area contributed by atoms with E-state index in [1.165, 1.54) is 36.4 Å². The number of ether oxygens (including phenoxy) is 1. The Morgan fingerprint density at radius 2 is 1.53 bits per heavy atom.